The fourth-order valence-corrected chi connectivity index (χ4v) is 2.89. The average molecular weight is 271 g/mol. The summed E-state index contributed by atoms with van der Waals surface area (Å²) in [7, 11) is 0. The van der Waals surface area contributed by atoms with Crippen molar-refractivity contribution in [3.63, 3.8) is 0 Å². The van der Waals surface area contributed by atoms with Crippen molar-refractivity contribution < 1.29 is 4.79 Å². The van der Waals surface area contributed by atoms with Gasteiger partial charge in [-0.05, 0) is 37.6 Å². The van der Waals surface area contributed by atoms with Crippen molar-refractivity contribution in [3.8, 4) is 0 Å². The standard InChI is InChI=1S/C16H21N3O/c1-2-19-8-7-12(11-19)10-17-16(20)15-9-13-5-3-4-6-14(13)18-15/h3-6,9,12,18H,2,7-8,10-11H2,1H3,(H,17,20). The van der Waals surface area contributed by atoms with Crippen LogP contribution in [0.15, 0.2) is 30.3 Å². The number of hydrogen-bond acceptors (Lipinski definition) is 2. The molecule has 0 spiro atoms. The molecule has 1 aliphatic rings. The number of benzene rings is 1. The van der Waals surface area contributed by atoms with Crippen LogP contribution in [0.4, 0.5) is 0 Å². The van der Waals surface area contributed by atoms with Crippen LogP contribution < -0.4 is 5.32 Å². The number of amides is 1. The van der Waals surface area contributed by atoms with Gasteiger partial charge >= 0.3 is 0 Å². The van der Waals surface area contributed by atoms with Gasteiger partial charge in [0, 0.05) is 24.0 Å². The predicted molar refractivity (Wildman–Crippen MR) is 80.9 cm³/mol. The predicted octanol–water partition coefficient (Wildman–Crippen LogP) is 2.24. The molecule has 2 aromatic rings. The summed E-state index contributed by atoms with van der Waals surface area (Å²) in [4.78, 5) is 17.8. The van der Waals surface area contributed by atoms with E-state index in [0.29, 0.717) is 11.6 Å². The topological polar surface area (TPSA) is 48.1 Å². The molecule has 106 valence electrons. The van der Waals surface area contributed by atoms with E-state index in [-0.39, 0.29) is 5.91 Å². The van der Waals surface area contributed by atoms with Gasteiger partial charge in [-0.25, -0.2) is 0 Å². The Morgan fingerprint density at radius 2 is 2.30 bits per heavy atom. The lowest BCUT2D eigenvalue weighted by molar-refractivity contribution is 0.0943. The second-order valence-corrected chi connectivity index (χ2v) is 5.53. The number of rotatable bonds is 4. The lowest BCUT2D eigenvalue weighted by Gasteiger charge is -2.13. The first-order chi connectivity index (χ1) is 9.76. The van der Waals surface area contributed by atoms with Crippen LogP contribution in [-0.2, 0) is 0 Å². The zero-order chi connectivity index (χ0) is 13.9. The fraction of sp³-hybridized carbons (Fsp3) is 0.438. The van der Waals surface area contributed by atoms with Crippen LogP contribution in [0.1, 0.15) is 23.8 Å². The first-order valence-electron chi connectivity index (χ1n) is 7.34. The van der Waals surface area contributed by atoms with Crippen LogP contribution in [0, 0.1) is 5.92 Å². The van der Waals surface area contributed by atoms with Crippen LogP contribution in [0.25, 0.3) is 10.9 Å². The molecule has 1 fully saturated rings. The molecule has 1 aromatic carbocycles. The molecule has 1 unspecified atom stereocenters. The minimum atomic E-state index is -0.00357. The molecule has 3 rings (SSSR count). The third-order valence-electron chi connectivity index (χ3n) is 4.14. The van der Waals surface area contributed by atoms with Crippen molar-refractivity contribution in [2.45, 2.75) is 13.3 Å². The van der Waals surface area contributed by atoms with E-state index in [1.807, 2.05) is 30.3 Å². The Bertz CT molecular complexity index is 572. The summed E-state index contributed by atoms with van der Waals surface area (Å²) < 4.78 is 0. The second kappa shape index (κ2) is 5.67. The summed E-state index contributed by atoms with van der Waals surface area (Å²) in [6.07, 6.45) is 1.18. The molecule has 20 heavy (non-hydrogen) atoms. The summed E-state index contributed by atoms with van der Waals surface area (Å²) in [5.74, 6) is 0.583. The molecule has 1 atom stereocenters. The molecule has 0 bridgehead atoms. The number of nitrogens with zero attached hydrogens (tertiary/aromatic N) is 1. The molecule has 2 N–H and O–H groups in total. The Morgan fingerprint density at radius 1 is 1.45 bits per heavy atom. The van der Waals surface area contributed by atoms with Gasteiger partial charge in [0.15, 0.2) is 0 Å². The first-order valence-corrected chi connectivity index (χ1v) is 7.34. The van der Waals surface area contributed by atoms with Gasteiger partial charge in [-0.15, -0.1) is 0 Å². The van der Waals surface area contributed by atoms with Crippen molar-refractivity contribution in [1.29, 1.82) is 0 Å². The number of carbonyl (C=O) groups excluding carboxylic acids is 1. The van der Waals surface area contributed by atoms with Crippen LogP contribution in [-0.4, -0.2) is 42.0 Å². The monoisotopic (exact) mass is 271 g/mol. The van der Waals surface area contributed by atoms with Crippen molar-refractivity contribution >= 4 is 16.8 Å². The molecule has 0 aliphatic carbocycles. The van der Waals surface area contributed by atoms with E-state index >= 15 is 0 Å². The van der Waals surface area contributed by atoms with Crippen LogP contribution in [0.5, 0.6) is 0 Å². The van der Waals surface area contributed by atoms with E-state index in [9.17, 15) is 4.79 Å². The van der Waals surface area contributed by atoms with Crippen molar-refractivity contribution in [1.82, 2.24) is 15.2 Å². The Morgan fingerprint density at radius 3 is 3.05 bits per heavy atom. The third-order valence-corrected chi connectivity index (χ3v) is 4.14. The van der Waals surface area contributed by atoms with Crippen molar-refractivity contribution in [2.24, 2.45) is 5.92 Å². The quantitative estimate of drug-likeness (QED) is 0.896. The number of carbonyl (C=O) groups is 1. The largest absolute Gasteiger partial charge is 0.351 e. The number of fused-ring (bicyclic) bond motifs is 1. The minimum absolute atomic E-state index is 0.00357. The Labute approximate surface area is 119 Å². The normalized spacial score (nSPS) is 19.6. The number of aromatic amines is 1. The number of hydrogen-bond donors (Lipinski definition) is 2. The lowest BCUT2D eigenvalue weighted by Crippen LogP contribution is -2.31. The molecular weight excluding hydrogens is 250 g/mol. The van der Waals surface area contributed by atoms with E-state index < -0.39 is 0 Å². The highest BCUT2D eigenvalue weighted by atomic mass is 16.1. The smallest absolute Gasteiger partial charge is 0.267 e. The van der Waals surface area contributed by atoms with E-state index in [0.717, 1.165) is 37.1 Å². The summed E-state index contributed by atoms with van der Waals surface area (Å²) >= 11 is 0. The highest BCUT2D eigenvalue weighted by molar-refractivity contribution is 5.97. The fourth-order valence-electron chi connectivity index (χ4n) is 2.89. The number of nitrogens with one attached hydrogen (secondary N) is 2. The SMILES string of the molecule is CCN1CCC(CNC(=O)c2cc3ccccc3[nH]2)C1. The second-order valence-electron chi connectivity index (χ2n) is 5.53. The average Bonchev–Trinajstić information content (AvgIpc) is 3.10. The van der Waals surface area contributed by atoms with Gasteiger partial charge < -0.3 is 15.2 Å². The molecule has 0 saturated carbocycles. The number of aromatic nitrogens is 1. The van der Waals surface area contributed by atoms with Gasteiger partial charge in [0.25, 0.3) is 5.91 Å². The van der Waals surface area contributed by atoms with Gasteiger partial charge in [-0.1, -0.05) is 25.1 Å². The van der Waals surface area contributed by atoms with Gasteiger partial charge in [0.2, 0.25) is 0 Å². The molecule has 1 aromatic heterocycles. The molecule has 4 heteroatoms. The summed E-state index contributed by atoms with van der Waals surface area (Å²) in [5.41, 5.74) is 1.66. The number of para-hydroxylation sites is 1. The van der Waals surface area contributed by atoms with E-state index in [1.54, 1.807) is 0 Å². The molecular formula is C16H21N3O. The number of likely N-dealkylation sites (tertiary alicyclic amines) is 1. The van der Waals surface area contributed by atoms with Gasteiger partial charge in [-0.3, -0.25) is 4.79 Å². The maximum absolute atomic E-state index is 12.2. The first kappa shape index (κ1) is 13.2. The molecule has 1 aliphatic heterocycles. The molecule has 4 nitrogen and oxygen atoms in total. The van der Waals surface area contributed by atoms with Gasteiger partial charge in [0.05, 0.1) is 0 Å². The van der Waals surface area contributed by atoms with E-state index in [2.05, 4.69) is 22.1 Å². The van der Waals surface area contributed by atoms with Crippen molar-refractivity contribution in [2.75, 3.05) is 26.2 Å². The molecule has 2 heterocycles. The molecule has 1 amide bonds. The highest BCUT2D eigenvalue weighted by Crippen LogP contribution is 2.16. The highest BCUT2D eigenvalue weighted by Gasteiger charge is 2.21. The minimum Gasteiger partial charge on any atom is -0.351 e. The maximum atomic E-state index is 12.2. The number of H-pyrrole nitrogens is 1. The summed E-state index contributed by atoms with van der Waals surface area (Å²) in [6.45, 7) is 6.31. The van der Waals surface area contributed by atoms with Crippen molar-refractivity contribution in [3.05, 3.63) is 36.0 Å². The van der Waals surface area contributed by atoms with E-state index in [4.69, 9.17) is 0 Å². The Hall–Kier alpha value is -1.81. The summed E-state index contributed by atoms with van der Waals surface area (Å²) in [6, 6.07) is 9.87. The summed E-state index contributed by atoms with van der Waals surface area (Å²) in [5, 5.41) is 4.13. The third kappa shape index (κ3) is 2.70. The molecule has 1 saturated heterocycles. The Kier molecular flexibility index (Phi) is 3.74. The molecule has 0 radical (unpaired) electrons. The van der Waals surface area contributed by atoms with Gasteiger partial charge in [-0.2, -0.15) is 0 Å². The zero-order valence-corrected chi connectivity index (χ0v) is 11.9. The van der Waals surface area contributed by atoms with E-state index in [1.165, 1.54) is 6.42 Å². The van der Waals surface area contributed by atoms with Crippen LogP contribution in [0.2, 0.25) is 0 Å². The maximum Gasteiger partial charge on any atom is 0.267 e. The van der Waals surface area contributed by atoms with Crippen LogP contribution >= 0.6 is 0 Å². The zero-order valence-electron chi connectivity index (χ0n) is 11.9. The Balaban J connectivity index is 1.59. The lowest BCUT2D eigenvalue weighted by atomic mass is 10.1. The van der Waals surface area contributed by atoms with Gasteiger partial charge in [0.1, 0.15) is 5.69 Å². The van der Waals surface area contributed by atoms with Crippen LogP contribution in [0.3, 0.4) is 0 Å².